The number of fused-ring (bicyclic) bond motifs is 5. The van der Waals surface area contributed by atoms with E-state index in [1.54, 1.807) is 12.1 Å². The lowest BCUT2D eigenvalue weighted by molar-refractivity contribution is -0.340. The number of aliphatic hydroxyl groups excluding tert-OH is 4. The van der Waals surface area contributed by atoms with Gasteiger partial charge < -0.3 is 63.6 Å². The van der Waals surface area contributed by atoms with Gasteiger partial charge in [-0.2, -0.15) is 0 Å². The molecule has 1 aromatic carbocycles. The van der Waals surface area contributed by atoms with Crippen LogP contribution in [-0.4, -0.2) is 132 Å². The number of esters is 2. The molecule has 4 aliphatic carbocycles. The lowest BCUT2D eigenvalue weighted by Gasteiger charge is -2.58. The molecule has 5 N–H and O–H groups in total. The van der Waals surface area contributed by atoms with Crippen molar-refractivity contribution in [1.82, 2.24) is 5.32 Å². The molecule has 68 heavy (non-hydrogen) atoms. The summed E-state index contributed by atoms with van der Waals surface area (Å²) in [6, 6.07) is 6.16. The third kappa shape index (κ3) is 11.5. The van der Waals surface area contributed by atoms with Crippen molar-refractivity contribution in [2.45, 2.75) is 187 Å². The number of alkyl carbamates (subject to hydrolysis) is 1. The van der Waals surface area contributed by atoms with Crippen LogP contribution in [0, 0.1) is 46.3 Å². The van der Waals surface area contributed by atoms with Crippen molar-refractivity contribution in [1.29, 1.82) is 0 Å². The maximum atomic E-state index is 13.4. The minimum absolute atomic E-state index is 0.0340. The number of nitrogens with one attached hydrogen (secondary N) is 1. The highest BCUT2D eigenvalue weighted by Gasteiger charge is 2.63. The zero-order valence-corrected chi connectivity index (χ0v) is 41.6. The Hall–Kier alpha value is -3.35. The van der Waals surface area contributed by atoms with Crippen LogP contribution >= 0.6 is 0 Å². The first kappa shape index (κ1) is 52.5. The molecule has 1 amide bonds. The molecule has 1 aromatic rings. The van der Waals surface area contributed by atoms with Crippen LogP contribution < -0.4 is 10.1 Å². The van der Waals surface area contributed by atoms with E-state index in [1.165, 1.54) is 31.7 Å². The van der Waals surface area contributed by atoms with Gasteiger partial charge in [-0.25, -0.2) is 9.59 Å². The predicted molar refractivity (Wildman–Crippen MR) is 248 cm³/mol. The molecule has 6 aliphatic rings. The fraction of sp³-hybridized carbons (Fsp3) is 0.788. The van der Waals surface area contributed by atoms with Gasteiger partial charge in [0.25, 0.3) is 0 Å². The van der Waals surface area contributed by atoms with Gasteiger partial charge in [0.15, 0.2) is 24.8 Å². The van der Waals surface area contributed by atoms with Gasteiger partial charge >= 0.3 is 18.0 Å². The van der Waals surface area contributed by atoms with Crippen molar-refractivity contribution in [3.05, 3.63) is 41.5 Å². The Morgan fingerprint density at radius 1 is 0.868 bits per heavy atom. The average molecular weight is 958 g/mol. The number of allylic oxidation sites excluding steroid dienone is 1. The van der Waals surface area contributed by atoms with Gasteiger partial charge in [-0.1, -0.05) is 52.2 Å². The standard InChI is InChI=1S/C52H79NO15/c1-28(25-53-49(60)68-50(4,5)6)11-10-12-29(2)41-40(24-37-35-18-15-32-23-33(55)19-21-51(32,7)36(35)20-22-52(37,41)8)65-48-45(64-30(3)54)43(39(57)27-63-48)67-47-44(42(58)38(56)26-62-47)66-46(59)31-13-16-34(61-9)17-14-31/h13-17,28-29,33,35-45,47-48,55-58H,10-12,18-27H2,1-9H3,(H,53,60)/t28-,29-,33+,35?,36?,37?,38-,39+,40+,41+,42+,43+,44-,45-,47+,48+,51+,52+/m1/s1. The largest absolute Gasteiger partial charge is 0.497 e. The van der Waals surface area contributed by atoms with Crippen LogP contribution in [0.4, 0.5) is 4.79 Å². The summed E-state index contributed by atoms with van der Waals surface area (Å²) in [5.41, 5.74) is 0.911. The van der Waals surface area contributed by atoms with Crippen LogP contribution in [0.5, 0.6) is 5.75 Å². The molecule has 0 aromatic heterocycles. The van der Waals surface area contributed by atoms with E-state index in [1.807, 2.05) is 20.8 Å². The molecule has 0 spiro atoms. The van der Waals surface area contributed by atoms with Gasteiger partial charge in [0, 0.05) is 13.5 Å². The topological polar surface area (TPSA) is 218 Å². The number of amides is 1. The maximum Gasteiger partial charge on any atom is 0.407 e. The molecule has 18 atom stereocenters. The molecule has 5 fully saturated rings. The van der Waals surface area contributed by atoms with Crippen molar-refractivity contribution in [2.75, 3.05) is 26.9 Å². The zero-order chi connectivity index (χ0) is 49.3. The van der Waals surface area contributed by atoms with Crippen LogP contribution in [0.15, 0.2) is 35.9 Å². The molecule has 7 rings (SSSR count). The first-order chi connectivity index (χ1) is 32.1. The third-order valence-corrected chi connectivity index (χ3v) is 16.4. The minimum Gasteiger partial charge on any atom is -0.497 e. The maximum absolute atomic E-state index is 13.4. The Kier molecular flexibility index (Phi) is 16.6. The highest BCUT2D eigenvalue weighted by molar-refractivity contribution is 5.89. The van der Waals surface area contributed by atoms with Gasteiger partial charge in [0.1, 0.15) is 35.8 Å². The molecule has 0 radical (unpaired) electrons. The Balaban J connectivity index is 1.12. The van der Waals surface area contributed by atoms with E-state index in [0.29, 0.717) is 30.0 Å². The summed E-state index contributed by atoms with van der Waals surface area (Å²) in [5, 5.41) is 46.9. The number of methoxy groups -OCH3 is 1. The second-order valence-electron chi connectivity index (χ2n) is 22.3. The normalized spacial score (nSPS) is 38.9. The van der Waals surface area contributed by atoms with Crippen LogP contribution in [0.2, 0.25) is 0 Å². The molecular formula is C52H79NO15. The van der Waals surface area contributed by atoms with Gasteiger partial charge in [0.05, 0.1) is 38.1 Å². The van der Waals surface area contributed by atoms with E-state index in [4.69, 9.17) is 37.9 Å². The number of benzene rings is 1. The summed E-state index contributed by atoms with van der Waals surface area (Å²) in [5.74, 6) is 0.772. The lowest BCUT2D eigenvalue weighted by atomic mass is 9.47. The van der Waals surface area contributed by atoms with Gasteiger partial charge in [-0.15, -0.1) is 0 Å². The number of carbonyl (C=O) groups excluding carboxylic acids is 3. The Labute approximate surface area is 402 Å². The Morgan fingerprint density at radius 3 is 2.24 bits per heavy atom. The Morgan fingerprint density at radius 2 is 1.56 bits per heavy atom. The molecule has 16 nitrogen and oxygen atoms in total. The molecule has 2 saturated heterocycles. The second-order valence-corrected chi connectivity index (χ2v) is 22.3. The zero-order valence-electron chi connectivity index (χ0n) is 41.6. The summed E-state index contributed by atoms with van der Waals surface area (Å²) in [6.45, 7) is 16.0. The molecule has 3 unspecified atom stereocenters. The van der Waals surface area contributed by atoms with Crippen LogP contribution in [0.1, 0.15) is 130 Å². The number of aliphatic hydroxyl groups is 4. The Bertz CT molecular complexity index is 1920. The lowest BCUT2D eigenvalue weighted by Crippen LogP contribution is -2.62. The van der Waals surface area contributed by atoms with Crippen molar-refractivity contribution in [3.63, 3.8) is 0 Å². The number of carbonyl (C=O) groups is 3. The molecular weight excluding hydrogens is 879 g/mol. The summed E-state index contributed by atoms with van der Waals surface area (Å²) >= 11 is 0. The third-order valence-electron chi connectivity index (χ3n) is 16.4. The highest BCUT2D eigenvalue weighted by Crippen LogP contribution is 2.68. The number of rotatable bonds is 15. The fourth-order valence-electron chi connectivity index (χ4n) is 13.1. The van der Waals surface area contributed by atoms with Gasteiger partial charge in [0.2, 0.25) is 0 Å². The first-order valence-corrected chi connectivity index (χ1v) is 25.1. The summed E-state index contributed by atoms with van der Waals surface area (Å²) < 4.78 is 48.0. The van der Waals surface area contributed by atoms with E-state index >= 15 is 0 Å². The van der Waals surface area contributed by atoms with E-state index in [2.05, 4.69) is 39.1 Å². The van der Waals surface area contributed by atoms with E-state index < -0.39 is 72.8 Å². The predicted octanol–water partition coefficient (Wildman–Crippen LogP) is 6.24. The number of hydrogen-bond acceptors (Lipinski definition) is 15. The SMILES string of the molecule is COc1ccc(C(=O)O[C@H]2[C@H](O[C@@H]3[C@@H](OC(C)=O)[C@H](O[C@H]4CC5C6CC=C7C[C@@H](O)CC[C@]7(C)C6CC[C@]5(C)[C@H]4[C@H](C)CCC[C@@H](C)CNC(=O)OC(C)(C)C)OC[C@@H]3O)OC[C@@H](O)[C@@H]2O)cc1. The number of ether oxygens (including phenoxy) is 8. The van der Waals surface area contributed by atoms with Gasteiger partial charge in [-0.3, -0.25) is 4.79 Å². The fourth-order valence-corrected chi connectivity index (χ4v) is 13.1. The van der Waals surface area contributed by atoms with Crippen molar-refractivity contribution in [3.8, 4) is 5.75 Å². The van der Waals surface area contributed by atoms with Crippen LogP contribution in [0.3, 0.4) is 0 Å². The minimum atomic E-state index is -1.61. The van der Waals surface area contributed by atoms with Crippen LogP contribution in [0.25, 0.3) is 0 Å². The van der Waals surface area contributed by atoms with Crippen molar-refractivity contribution < 1.29 is 72.7 Å². The molecule has 16 heteroatoms. The summed E-state index contributed by atoms with van der Waals surface area (Å²) in [6.07, 6.45) is -0.728. The van der Waals surface area contributed by atoms with Crippen LogP contribution in [-0.2, 0) is 38.0 Å². The smallest absolute Gasteiger partial charge is 0.407 e. The number of hydrogen-bond donors (Lipinski definition) is 5. The first-order valence-electron chi connectivity index (χ1n) is 25.1. The van der Waals surface area contributed by atoms with E-state index in [9.17, 15) is 34.8 Å². The summed E-state index contributed by atoms with van der Waals surface area (Å²) in [4.78, 5) is 38.7. The molecule has 2 aliphatic heterocycles. The van der Waals surface area contributed by atoms with Crippen molar-refractivity contribution in [2.24, 2.45) is 46.3 Å². The van der Waals surface area contributed by atoms with E-state index in [-0.39, 0.29) is 59.6 Å². The molecule has 3 saturated carbocycles. The summed E-state index contributed by atoms with van der Waals surface area (Å²) in [7, 11) is 1.50. The molecule has 2 heterocycles. The van der Waals surface area contributed by atoms with Gasteiger partial charge in [-0.05, 0) is 143 Å². The van der Waals surface area contributed by atoms with Crippen molar-refractivity contribution >= 4 is 18.0 Å². The quantitative estimate of drug-likeness (QED) is 0.0748. The highest BCUT2D eigenvalue weighted by atomic mass is 16.7. The molecule has 0 bridgehead atoms. The van der Waals surface area contributed by atoms with E-state index in [0.717, 1.165) is 64.2 Å². The monoisotopic (exact) mass is 958 g/mol. The molecule has 382 valence electrons. The average Bonchev–Trinajstić information content (AvgIpc) is 3.58. The second kappa shape index (κ2) is 21.6.